The molecule has 122 valence electrons. The maximum absolute atomic E-state index is 13.0. The van der Waals surface area contributed by atoms with Crippen molar-refractivity contribution in [2.24, 2.45) is 18.9 Å². The number of aryl methyl sites for hydroxylation is 1. The number of carbonyl (C=O) groups excluding carboxylic acids is 1. The molecule has 4 rings (SSSR count). The molecule has 0 unspecified atom stereocenters. The highest BCUT2D eigenvalue weighted by Gasteiger charge is 2.47. The van der Waals surface area contributed by atoms with Gasteiger partial charge in [0.1, 0.15) is 5.69 Å². The summed E-state index contributed by atoms with van der Waals surface area (Å²) in [7, 11) is 1.93. The largest absolute Gasteiger partial charge is 0.347 e. The van der Waals surface area contributed by atoms with Crippen molar-refractivity contribution in [2.75, 3.05) is 19.6 Å². The smallest absolute Gasteiger partial charge is 0.270 e. The van der Waals surface area contributed by atoms with Gasteiger partial charge in [-0.25, -0.2) is 0 Å². The summed E-state index contributed by atoms with van der Waals surface area (Å²) in [5.74, 6) is 1.23. The van der Waals surface area contributed by atoms with Gasteiger partial charge >= 0.3 is 0 Å². The van der Waals surface area contributed by atoms with Crippen molar-refractivity contribution in [3.05, 3.63) is 59.9 Å². The average molecular weight is 332 g/mol. The van der Waals surface area contributed by atoms with Crippen LogP contribution >= 0.6 is 12.4 Å². The molecular formula is C18H22ClN3O. The van der Waals surface area contributed by atoms with Crippen LogP contribution in [0.25, 0.3) is 0 Å². The lowest BCUT2D eigenvalue weighted by Gasteiger charge is -2.28. The van der Waals surface area contributed by atoms with E-state index in [1.807, 2.05) is 36.0 Å². The number of fused-ring (bicyclic) bond motifs is 1. The van der Waals surface area contributed by atoms with Crippen molar-refractivity contribution in [3.63, 3.8) is 0 Å². The minimum Gasteiger partial charge on any atom is -0.347 e. The lowest BCUT2D eigenvalue weighted by Crippen LogP contribution is -2.35. The third-order valence-electron chi connectivity index (χ3n) is 5.13. The lowest BCUT2D eigenvalue weighted by atomic mass is 9.89. The first-order valence-corrected chi connectivity index (χ1v) is 7.93. The number of hydrogen-bond acceptors (Lipinski definition) is 2. The maximum atomic E-state index is 13.0. The van der Waals surface area contributed by atoms with Crippen LogP contribution in [-0.2, 0) is 7.05 Å². The molecular weight excluding hydrogens is 310 g/mol. The van der Waals surface area contributed by atoms with Gasteiger partial charge in [-0.2, -0.15) is 0 Å². The molecule has 0 saturated carbocycles. The molecule has 2 aliphatic heterocycles. The standard InChI is InChI=1S/C18H21N3O.ClH/c1-20-9-5-8-16(20)18(22)21-12-14-10-19-11-15(14)17(21)13-6-3-2-4-7-13;/h2-9,14-15,17,19H,10-12H2,1H3;1H/t14-,15-,17-;/m0./s1. The topological polar surface area (TPSA) is 37.3 Å². The van der Waals surface area contributed by atoms with E-state index in [4.69, 9.17) is 0 Å². The predicted octanol–water partition coefficient (Wildman–Crippen LogP) is 2.48. The van der Waals surface area contributed by atoms with Gasteiger partial charge in [0.15, 0.2) is 0 Å². The summed E-state index contributed by atoms with van der Waals surface area (Å²) < 4.78 is 1.91. The molecule has 23 heavy (non-hydrogen) atoms. The maximum Gasteiger partial charge on any atom is 0.270 e. The van der Waals surface area contributed by atoms with E-state index in [0.717, 1.165) is 25.3 Å². The fraction of sp³-hybridized carbons (Fsp3) is 0.389. The quantitative estimate of drug-likeness (QED) is 0.918. The van der Waals surface area contributed by atoms with E-state index in [9.17, 15) is 4.79 Å². The van der Waals surface area contributed by atoms with Gasteiger partial charge in [-0.1, -0.05) is 30.3 Å². The number of aromatic nitrogens is 1. The van der Waals surface area contributed by atoms with Crippen LogP contribution in [0.15, 0.2) is 48.7 Å². The first-order chi connectivity index (χ1) is 10.8. The highest BCUT2D eigenvalue weighted by molar-refractivity contribution is 5.93. The molecule has 1 N–H and O–H groups in total. The molecule has 3 atom stereocenters. The molecule has 2 fully saturated rings. The van der Waals surface area contributed by atoms with Crippen molar-refractivity contribution in [1.29, 1.82) is 0 Å². The van der Waals surface area contributed by atoms with E-state index < -0.39 is 0 Å². The van der Waals surface area contributed by atoms with Crippen LogP contribution in [0.1, 0.15) is 22.1 Å². The molecule has 1 amide bonds. The van der Waals surface area contributed by atoms with Gasteiger partial charge in [-0.05, 0) is 23.6 Å². The van der Waals surface area contributed by atoms with E-state index in [1.165, 1.54) is 5.56 Å². The Bertz CT molecular complexity index is 685. The van der Waals surface area contributed by atoms with Crippen molar-refractivity contribution < 1.29 is 4.79 Å². The van der Waals surface area contributed by atoms with E-state index in [1.54, 1.807) is 0 Å². The van der Waals surface area contributed by atoms with Crippen molar-refractivity contribution in [3.8, 4) is 0 Å². The minimum atomic E-state index is 0. The van der Waals surface area contributed by atoms with Gasteiger partial charge in [0, 0.05) is 38.8 Å². The molecule has 3 heterocycles. The second-order valence-corrected chi connectivity index (χ2v) is 6.40. The fourth-order valence-electron chi connectivity index (χ4n) is 4.04. The van der Waals surface area contributed by atoms with Crippen LogP contribution in [0.5, 0.6) is 0 Å². The Labute approximate surface area is 142 Å². The van der Waals surface area contributed by atoms with Gasteiger partial charge in [0.25, 0.3) is 5.91 Å². The summed E-state index contributed by atoms with van der Waals surface area (Å²) in [4.78, 5) is 15.1. The Morgan fingerprint density at radius 1 is 1.13 bits per heavy atom. The zero-order valence-electron chi connectivity index (χ0n) is 13.2. The zero-order valence-corrected chi connectivity index (χ0v) is 14.0. The van der Waals surface area contributed by atoms with Crippen LogP contribution in [0.2, 0.25) is 0 Å². The number of likely N-dealkylation sites (tertiary alicyclic amines) is 1. The van der Waals surface area contributed by atoms with Crippen molar-refractivity contribution in [1.82, 2.24) is 14.8 Å². The molecule has 2 aromatic rings. The second kappa shape index (κ2) is 6.38. The lowest BCUT2D eigenvalue weighted by molar-refractivity contribution is 0.0704. The molecule has 2 aliphatic rings. The Morgan fingerprint density at radius 3 is 2.61 bits per heavy atom. The molecule has 2 saturated heterocycles. The van der Waals surface area contributed by atoms with E-state index >= 15 is 0 Å². The molecule has 0 aliphatic carbocycles. The highest BCUT2D eigenvalue weighted by atomic mass is 35.5. The molecule has 0 radical (unpaired) electrons. The third-order valence-corrected chi connectivity index (χ3v) is 5.13. The number of carbonyl (C=O) groups is 1. The number of nitrogens with zero attached hydrogens (tertiary/aromatic N) is 2. The van der Waals surface area contributed by atoms with E-state index in [-0.39, 0.29) is 24.4 Å². The van der Waals surface area contributed by atoms with Crippen molar-refractivity contribution in [2.45, 2.75) is 6.04 Å². The molecule has 0 spiro atoms. The second-order valence-electron chi connectivity index (χ2n) is 6.40. The number of hydrogen-bond donors (Lipinski definition) is 1. The molecule has 5 heteroatoms. The van der Waals surface area contributed by atoms with E-state index in [2.05, 4.69) is 34.5 Å². The van der Waals surface area contributed by atoms with Gasteiger partial charge < -0.3 is 14.8 Å². The fourth-order valence-corrected chi connectivity index (χ4v) is 4.04. The number of halogens is 1. The highest BCUT2D eigenvalue weighted by Crippen LogP contribution is 2.43. The van der Waals surface area contributed by atoms with Gasteiger partial charge in [0.2, 0.25) is 0 Å². The van der Waals surface area contributed by atoms with Gasteiger partial charge in [0.05, 0.1) is 6.04 Å². The number of benzene rings is 1. The molecule has 4 nitrogen and oxygen atoms in total. The molecule has 0 bridgehead atoms. The van der Waals surface area contributed by atoms with Gasteiger partial charge in [-0.15, -0.1) is 12.4 Å². The predicted molar refractivity (Wildman–Crippen MR) is 92.7 cm³/mol. The SMILES string of the molecule is Cl.Cn1cccc1C(=O)N1C[C@@H]2CNC[C@@H]2[C@@H]1c1ccccc1. The average Bonchev–Trinajstić information content (AvgIpc) is 3.22. The van der Waals surface area contributed by atoms with Gasteiger partial charge in [-0.3, -0.25) is 4.79 Å². The summed E-state index contributed by atoms with van der Waals surface area (Å²) in [5, 5.41) is 3.49. The zero-order chi connectivity index (χ0) is 15.1. The van der Waals surface area contributed by atoms with Crippen LogP contribution in [0.3, 0.4) is 0 Å². The third kappa shape index (κ3) is 2.66. The summed E-state index contributed by atoms with van der Waals surface area (Å²) in [5.41, 5.74) is 2.02. The minimum absolute atomic E-state index is 0. The summed E-state index contributed by atoms with van der Waals surface area (Å²) in [6, 6.07) is 14.5. The summed E-state index contributed by atoms with van der Waals surface area (Å²) >= 11 is 0. The number of rotatable bonds is 2. The van der Waals surface area contributed by atoms with Crippen LogP contribution in [-0.4, -0.2) is 35.0 Å². The molecule has 1 aromatic heterocycles. The van der Waals surface area contributed by atoms with Crippen LogP contribution in [0, 0.1) is 11.8 Å². The normalized spacial score (nSPS) is 26.0. The van der Waals surface area contributed by atoms with Crippen molar-refractivity contribution >= 4 is 18.3 Å². The summed E-state index contributed by atoms with van der Waals surface area (Å²) in [6.07, 6.45) is 1.93. The van der Waals surface area contributed by atoms with Crippen LogP contribution < -0.4 is 5.32 Å². The number of amides is 1. The Balaban J connectivity index is 0.00000156. The van der Waals surface area contributed by atoms with Crippen LogP contribution in [0.4, 0.5) is 0 Å². The first kappa shape index (κ1) is 16.1. The summed E-state index contributed by atoms with van der Waals surface area (Å²) in [6.45, 7) is 2.87. The Hall–Kier alpha value is -1.78. The molecule has 1 aromatic carbocycles. The monoisotopic (exact) mass is 331 g/mol. The first-order valence-electron chi connectivity index (χ1n) is 7.93. The Kier molecular flexibility index (Phi) is 4.46. The number of nitrogens with one attached hydrogen (secondary N) is 1. The van der Waals surface area contributed by atoms with E-state index in [0.29, 0.717) is 11.8 Å². The Morgan fingerprint density at radius 2 is 1.91 bits per heavy atom.